The average molecular weight is 345 g/mol. The molecule has 1 aliphatic carbocycles. The minimum absolute atomic E-state index is 0. The summed E-state index contributed by atoms with van der Waals surface area (Å²) in [6.45, 7) is 6.13. The third kappa shape index (κ3) is 2.68. The highest BCUT2D eigenvalue weighted by atomic mass is 15.1. The van der Waals surface area contributed by atoms with Gasteiger partial charge >= 0.3 is 0 Å². The molecule has 3 heteroatoms. The van der Waals surface area contributed by atoms with Crippen LogP contribution in [-0.2, 0) is 12.8 Å². The van der Waals surface area contributed by atoms with Crippen molar-refractivity contribution in [2.24, 2.45) is 0 Å². The summed E-state index contributed by atoms with van der Waals surface area (Å²) in [5.74, 6) is 0. The van der Waals surface area contributed by atoms with E-state index in [9.17, 15) is 0 Å². The quantitative estimate of drug-likeness (QED) is 0.444. The summed E-state index contributed by atoms with van der Waals surface area (Å²) >= 11 is 0. The van der Waals surface area contributed by atoms with E-state index in [-0.39, 0.29) is 1.43 Å². The summed E-state index contributed by atoms with van der Waals surface area (Å²) in [5.41, 5.74) is 8.78. The average Bonchev–Trinajstić information content (AvgIpc) is 3.18. The van der Waals surface area contributed by atoms with Crippen LogP contribution in [0.3, 0.4) is 0 Å². The first-order valence-corrected chi connectivity index (χ1v) is 9.66. The minimum Gasteiger partial charge on any atom is -0.278 e. The first kappa shape index (κ1) is 16.8. The van der Waals surface area contributed by atoms with E-state index in [0.29, 0.717) is 0 Å². The third-order valence-electron chi connectivity index (χ3n) is 5.21. The molecule has 3 nitrogen and oxygen atoms in total. The Labute approximate surface area is 156 Å². The molecule has 26 heavy (non-hydrogen) atoms. The number of benzene rings is 2. The van der Waals surface area contributed by atoms with Crippen LogP contribution in [0.25, 0.3) is 33.1 Å². The lowest BCUT2D eigenvalue weighted by atomic mass is 9.85. The van der Waals surface area contributed by atoms with E-state index in [1.807, 2.05) is 20.0 Å². The van der Waals surface area contributed by atoms with Gasteiger partial charge in [0.2, 0.25) is 0 Å². The van der Waals surface area contributed by atoms with Crippen molar-refractivity contribution in [1.82, 2.24) is 15.2 Å². The van der Waals surface area contributed by atoms with Gasteiger partial charge in [-0.15, -0.1) is 0 Å². The van der Waals surface area contributed by atoms with Crippen molar-refractivity contribution >= 4 is 21.8 Å². The Morgan fingerprint density at radius 3 is 2.42 bits per heavy atom. The smallest absolute Gasteiger partial charge is 0.0744 e. The standard InChI is InChI=1S/C21H19N3.C2H6.H2/c1-13-6-8-14(9-7-13)21-16-5-3-2-4-15(16)20-17-12-22-24-18(17)10-11-19(20)23-21;1-2;/h6-12H,2-5H2,1H3,(H,22,24);1-2H3;1H. The zero-order chi connectivity index (χ0) is 18.1. The second-order valence-corrected chi connectivity index (χ2v) is 6.78. The molecule has 0 fully saturated rings. The number of hydrogen-bond donors (Lipinski definition) is 1. The number of aromatic amines is 1. The number of aromatic nitrogens is 3. The number of nitrogens with one attached hydrogen (secondary N) is 1. The summed E-state index contributed by atoms with van der Waals surface area (Å²) in [5, 5.41) is 9.83. The second-order valence-electron chi connectivity index (χ2n) is 6.78. The summed E-state index contributed by atoms with van der Waals surface area (Å²) in [7, 11) is 0. The molecule has 0 amide bonds. The number of hydrogen-bond acceptors (Lipinski definition) is 2. The van der Waals surface area contributed by atoms with Gasteiger partial charge in [-0.25, -0.2) is 4.98 Å². The fraction of sp³-hybridized carbons (Fsp3) is 0.304. The van der Waals surface area contributed by atoms with E-state index in [4.69, 9.17) is 4.98 Å². The Morgan fingerprint density at radius 1 is 0.923 bits per heavy atom. The Hall–Kier alpha value is -2.68. The van der Waals surface area contributed by atoms with Gasteiger partial charge in [-0.3, -0.25) is 5.10 Å². The number of rotatable bonds is 1. The molecule has 134 valence electrons. The molecule has 0 spiro atoms. The van der Waals surface area contributed by atoms with Crippen LogP contribution in [0.5, 0.6) is 0 Å². The summed E-state index contributed by atoms with van der Waals surface area (Å²) in [6.07, 6.45) is 6.71. The first-order chi connectivity index (χ1) is 12.8. The van der Waals surface area contributed by atoms with Gasteiger partial charge in [0.1, 0.15) is 0 Å². The highest BCUT2D eigenvalue weighted by Gasteiger charge is 2.20. The van der Waals surface area contributed by atoms with E-state index in [2.05, 4.69) is 53.5 Å². The third-order valence-corrected chi connectivity index (χ3v) is 5.21. The molecular weight excluding hydrogens is 318 g/mol. The van der Waals surface area contributed by atoms with Gasteiger partial charge in [0.15, 0.2) is 0 Å². The molecule has 0 aliphatic heterocycles. The van der Waals surface area contributed by atoms with Gasteiger partial charge in [-0.1, -0.05) is 43.7 Å². The molecule has 0 saturated heterocycles. The van der Waals surface area contributed by atoms with Crippen LogP contribution in [0.1, 0.15) is 44.8 Å². The van der Waals surface area contributed by atoms with Crippen LogP contribution in [0, 0.1) is 6.92 Å². The van der Waals surface area contributed by atoms with Crippen molar-refractivity contribution in [3.63, 3.8) is 0 Å². The lowest BCUT2D eigenvalue weighted by Crippen LogP contribution is -2.07. The minimum atomic E-state index is 0. The monoisotopic (exact) mass is 345 g/mol. The lowest BCUT2D eigenvalue weighted by molar-refractivity contribution is 0.689. The van der Waals surface area contributed by atoms with Crippen molar-refractivity contribution in [2.45, 2.75) is 46.5 Å². The van der Waals surface area contributed by atoms with Crippen molar-refractivity contribution in [1.29, 1.82) is 0 Å². The maximum absolute atomic E-state index is 5.08. The fourth-order valence-corrected chi connectivity index (χ4v) is 4.00. The highest BCUT2D eigenvalue weighted by molar-refractivity contribution is 6.07. The van der Waals surface area contributed by atoms with Crippen molar-refractivity contribution in [2.75, 3.05) is 0 Å². The van der Waals surface area contributed by atoms with Gasteiger partial charge in [0, 0.05) is 17.8 Å². The van der Waals surface area contributed by atoms with E-state index in [1.54, 1.807) is 0 Å². The SMILES string of the molecule is CC.Cc1ccc(-c2nc3ccc4[nH]ncc4c3c3c2CCCC3)cc1.[HH]. The normalized spacial score (nSPS) is 13.3. The molecule has 0 unspecified atom stereocenters. The van der Waals surface area contributed by atoms with Crippen molar-refractivity contribution in [3.05, 3.63) is 59.3 Å². The zero-order valence-electron chi connectivity index (χ0n) is 15.8. The van der Waals surface area contributed by atoms with Crippen LogP contribution in [0.15, 0.2) is 42.6 Å². The fourth-order valence-electron chi connectivity index (χ4n) is 4.00. The van der Waals surface area contributed by atoms with Crippen molar-refractivity contribution in [3.8, 4) is 11.3 Å². The van der Waals surface area contributed by atoms with Crippen LogP contribution in [-0.4, -0.2) is 15.2 Å². The molecule has 4 aromatic rings. The molecule has 5 rings (SSSR count). The van der Waals surface area contributed by atoms with Gasteiger partial charge < -0.3 is 0 Å². The maximum atomic E-state index is 5.08. The molecule has 2 aromatic carbocycles. The molecule has 0 bridgehead atoms. The second kappa shape index (κ2) is 6.91. The number of fused-ring (bicyclic) bond motifs is 5. The van der Waals surface area contributed by atoms with Gasteiger partial charge in [-0.05, 0) is 55.9 Å². The Kier molecular flexibility index (Phi) is 4.46. The summed E-state index contributed by atoms with van der Waals surface area (Å²) in [6, 6.07) is 13.0. The number of aryl methyl sites for hydroxylation is 2. The van der Waals surface area contributed by atoms with Crippen LogP contribution >= 0.6 is 0 Å². The van der Waals surface area contributed by atoms with E-state index in [0.717, 1.165) is 23.9 Å². The summed E-state index contributed by atoms with van der Waals surface area (Å²) in [4.78, 5) is 5.08. The summed E-state index contributed by atoms with van der Waals surface area (Å²) < 4.78 is 0. The molecule has 1 N–H and O–H groups in total. The Balaban J connectivity index is 0.000000680. The number of H-pyrrole nitrogens is 1. The van der Waals surface area contributed by atoms with Crippen molar-refractivity contribution < 1.29 is 1.43 Å². The molecule has 0 saturated carbocycles. The van der Waals surface area contributed by atoms with Gasteiger partial charge in [0.05, 0.1) is 22.9 Å². The lowest BCUT2D eigenvalue weighted by Gasteiger charge is -2.21. The topological polar surface area (TPSA) is 41.6 Å². The first-order valence-electron chi connectivity index (χ1n) is 9.66. The highest BCUT2D eigenvalue weighted by Crippen LogP contribution is 2.37. The largest absolute Gasteiger partial charge is 0.278 e. The van der Waals surface area contributed by atoms with E-state index >= 15 is 0 Å². The maximum Gasteiger partial charge on any atom is 0.0744 e. The molecule has 1 aliphatic rings. The Bertz CT molecular complexity index is 1060. The Morgan fingerprint density at radius 2 is 1.65 bits per heavy atom. The predicted octanol–water partition coefficient (Wildman–Crippen LogP) is 6.24. The molecule has 2 heterocycles. The van der Waals surface area contributed by atoms with Crippen LogP contribution in [0.2, 0.25) is 0 Å². The van der Waals surface area contributed by atoms with Crippen LogP contribution in [0.4, 0.5) is 0 Å². The molecule has 2 aromatic heterocycles. The van der Waals surface area contributed by atoms with Crippen LogP contribution < -0.4 is 0 Å². The number of nitrogens with zero attached hydrogens (tertiary/aromatic N) is 2. The van der Waals surface area contributed by atoms with E-state index in [1.165, 1.54) is 51.6 Å². The van der Waals surface area contributed by atoms with Gasteiger partial charge in [0.25, 0.3) is 0 Å². The molecule has 0 atom stereocenters. The predicted molar refractivity (Wildman–Crippen MR) is 112 cm³/mol. The molecule has 0 radical (unpaired) electrons. The molecular formula is C23H27N3. The number of pyridine rings is 1. The van der Waals surface area contributed by atoms with Gasteiger partial charge in [-0.2, -0.15) is 5.10 Å². The van der Waals surface area contributed by atoms with E-state index < -0.39 is 0 Å². The zero-order valence-corrected chi connectivity index (χ0v) is 15.8.